The number of nitrogens with zero attached hydrogens (tertiary/aromatic N) is 4. The first-order valence-electron chi connectivity index (χ1n) is 9.10. The van der Waals surface area contributed by atoms with Crippen LogP contribution in [0.2, 0.25) is 0 Å². The Morgan fingerprint density at radius 2 is 1.90 bits per heavy atom. The van der Waals surface area contributed by atoms with Crippen LogP contribution in [0.25, 0.3) is 5.69 Å². The minimum absolute atomic E-state index is 0.327. The van der Waals surface area contributed by atoms with Crippen molar-refractivity contribution in [3.05, 3.63) is 48.5 Å². The van der Waals surface area contributed by atoms with Crippen molar-refractivity contribution in [3.63, 3.8) is 0 Å². The van der Waals surface area contributed by atoms with Gasteiger partial charge in [0.2, 0.25) is 11.1 Å². The summed E-state index contributed by atoms with van der Waals surface area (Å²) in [6.45, 7) is 3.99. The molecule has 0 bridgehead atoms. The van der Waals surface area contributed by atoms with Gasteiger partial charge in [0.05, 0.1) is 11.9 Å². The number of anilines is 1. The zero-order valence-electron chi connectivity index (χ0n) is 16.5. The van der Waals surface area contributed by atoms with Crippen LogP contribution in [-0.4, -0.2) is 44.3 Å². The van der Waals surface area contributed by atoms with Crippen LogP contribution < -0.4 is 14.8 Å². The van der Waals surface area contributed by atoms with Gasteiger partial charge in [0.25, 0.3) is 0 Å². The van der Waals surface area contributed by atoms with Crippen LogP contribution in [0, 0.1) is 0 Å². The van der Waals surface area contributed by atoms with E-state index < -0.39 is 11.6 Å². The molecule has 3 aromatic rings. The average Bonchev–Trinajstić information content (AvgIpc) is 3.17. The summed E-state index contributed by atoms with van der Waals surface area (Å²) in [6.07, 6.45) is -4.78. The molecule has 2 aromatic carbocycles. The van der Waals surface area contributed by atoms with E-state index in [-0.39, 0.29) is 11.7 Å². The topological polar surface area (TPSA) is 91.2 Å². The summed E-state index contributed by atoms with van der Waals surface area (Å²) >= 11 is 1.12. The highest BCUT2D eigenvalue weighted by Crippen LogP contribution is 2.29. The van der Waals surface area contributed by atoms with E-state index in [1.165, 1.54) is 16.8 Å². The Kier molecular flexibility index (Phi) is 7.00. The number of ether oxygens (including phenoxy) is 2. The third-order valence-electron chi connectivity index (χ3n) is 3.84. The number of nitrogens with one attached hydrogen (secondary N) is 1. The fourth-order valence-electron chi connectivity index (χ4n) is 2.51. The second-order valence-corrected chi connectivity index (χ2v) is 7.40. The standard InChI is InChI=1S/C19H18F3N5O3S/c1-3-29-16-7-5-4-6-15(16)27-18(24-25-26-27)31-12(2)17(28)23-13-8-10-14(11-9-13)30-19(20,21)22/h4-12H,3H2,1-2H3,(H,23,28). The molecule has 31 heavy (non-hydrogen) atoms. The quantitative estimate of drug-likeness (QED) is 0.514. The van der Waals surface area contributed by atoms with E-state index >= 15 is 0 Å². The van der Waals surface area contributed by atoms with Gasteiger partial charge in [-0.25, -0.2) is 0 Å². The molecule has 0 aliphatic rings. The highest BCUT2D eigenvalue weighted by atomic mass is 32.2. The molecule has 8 nitrogen and oxygen atoms in total. The minimum atomic E-state index is -4.78. The van der Waals surface area contributed by atoms with Crippen LogP contribution in [-0.2, 0) is 4.79 Å². The molecule has 3 rings (SSSR count). The van der Waals surface area contributed by atoms with E-state index in [4.69, 9.17) is 4.74 Å². The predicted molar refractivity (Wildman–Crippen MR) is 107 cm³/mol. The van der Waals surface area contributed by atoms with E-state index in [2.05, 4.69) is 25.6 Å². The highest BCUT2D eigenvalue weighted by molar-refractivity contribution is 8.00. The summed E-state index contributed by atoms with van der Waals surface area (Å²) in [5, 5.41) is 14.1. The number of para-hydroxylation sites is 2. The fourth-order valence-corrected chi connectivity index (χ4v) is 3.31. The third-order valence-corrected chi connectivity index (χ3v) is 4.87. The van der Waals surface area contributed by atoms with Crippen LogP contribution in [0.5, 0.6) is 11.5 Å². The SMILES string of the molecule is CCOc1ccccc1-n1nnnc1SC(C)C(=O)Nc1ccc(OC(F)(F)F)cc1. The van der Waals surface area contributed by atoms with Gasteiger partial charge in [0.1, 0.15) is 17.2 Å². The number of aromatic nitrogens is 4. The molecule has 164 valence electrons. The van der Waals surface area contributed by atoms with Crippen molar-refractivity contribution in [2.24, 2.45) is 0 Å². The lowest BCUT2D eigenvalue weighted by atomic mass is 10.3. The van der Waals surface area contributed by atoms with Crippen LogP contribution in [0.15, 0.2) is 53.7 Å². The van der Waals surface area contributed by atoms with Gasteiger partial charge in [-0.1, -0.05) is 23.9 Å². The van der Waals surface area contributed by atoms with Crippen LogP contribution in [0.1, 0.15) is 13.8 Å². The Morgan fingerprint density at radius 1 is 1.19 bits per heavy atom. The van der Waals surface area contributed by atoms with Crippen molar-refractivity contribution >= 4 is 23.4 Å². The van der Waals surface area contributed by atoms with Crippen molar-refractivity contribution in [1.29, 1.82) is 0 Å². The lowest BCUT2D eigenvalue weighted by Gasteiger charge is -2.14. The van der Waals surface area contributed by atoms with Gasteiger partial charge in [0, 0.05) is 5.69 Å². The number of benzene rings is 2. The maximum absolute atomic E-state index is 12.5. The number of hydrogen-bond donors (Lipinski definition) is 1. The highest BCUT2D eigenvalue weighted by Gasteiger charge is 2.31. The first-order chi connectivity index (χ1) is 14.8. The largest absolute Gasteiger partial charge is 0.573 e. The number of alkyl halides is 3. The molecule has 0 aliphatic heterocycles. The average molecular weight is 453 g/mol. The maximum atomic E-state index is 12.5. The maximum Gasteiger partial charge on any atom is 0.573 e. The number of hydrogen-bond acceptors (Lipinski definition) is 7. The molecule has 1 aromatic heterocycles. The van der Waals surface area contributed by atoms with Gasteiger partial charge in [0.15, 0.2) is 0 Å². The summed E-state index contributed by atoms with van der Waals surface area (Å²) in [4.78, 5) is 12.5. The molecule has 1 heterocycles. The summed E-state index contributed by atoms with van der Waals surface area (Å²) < 4.78 is 47.6. The van der Waals surface area contributed by atoms with Gasteiger partial charge in [-0.3, -0.25) is 4.79 Å². The molecule has 0 fully saturated rings. The van der Waals surface area contributed by atoms with Gasteiger partial charge in [-0.15, -0.1) is 18.3 Å². The molecule has 1 atom stereocenters. The summed E-state index contributed by atoms with van der Waals surface area (Å²) in [5.41, 5.74) is 0.956. The number of amides is 1. The van der Waals surface area contributed by atoms with Crippen molar-refractivity contribution in [1.82, 2.24) is 20.2 Å². The Balaban J connectivity index is 1.67. The second-order valence-electron chi connectivity index (χ2n) is 6.10. The Bertz CT molecular complexity index is 1030. The van der Waals surface area contributed by atoms with Gasteiger partial charge in [-0.2, -0.15) is 4.68 Å². The van der Waals surface area contributed by atoms with E-state index in [1.807, 2.05) is 19.1 Å². The number of thioether (sulfide) groups is 1. The van der Waals surface area contributed by atoms with Crippen LogP contribution >= 0.6 is 11.8 Å². The molecule has 0 aliphatic carbocycles. The van der Waals surface area contributed by atoms with E-state index in [9.17, 15) is 18.0 Å². The minimum Gasteiger partial charge on any atom is -0.492 e. The van der Waals surface area contributed by atoms with Crippen molar-refractivity contribution in [2.75, 3.05) is 11.9 Å². The van der Waals surface area contributed by atoms with E-state index in [1.54, 1.807) is 19.1 Å². The summed E-state index contributed by atoms with van der Waals surface area (Å²) in [7, 11) is 0. The first kappa shape index (κ1) is 22.4. The van der Waals surface area contributed by atoms with Gasteiger partial charge in [-0.05, 0) is 60.7 Å². The molecule has 1 unspecified atom stereocenters. The zero-order valence-corrected chi connectivity index (χ0v) is 17.3. The summed E-state index contributed by atoms with van der Waals surface area (Å²) in [6, 6.07) is 12.1. The predicted octanol–water partition coefficient (Wildman–Crippen LogP) is 4.08. The molecular formula is C19H18F3N5O3S. The second kappa shape index (κ2) is 9.69. The number of rotatable bonds is 8. The Morgan fingerprint density at radius 3 is 2.58 bits per heavy atom. The fraction of sp³-hybridized carbons (Fsp3) is 0.263. The van der Waals surface area contributed by atoms with Crippen molar-refractivity contribution < 1.29 is 27.4 Å². The van der Waals surface area contributed by atoms with Crippen molar-refractivity contribution in [3.8, 4) is 17.2 Å². The third kappa shape index (κ3) is 6.10. The first-order valence-corrected chi connectivity index (χ1v) is 9.98. The summed E-state index contributed by atoms with van der Waals surface area (Å²) in [5.74, 6) is -0.153. The molecule has 0 saturated heterocycles. The number of carbonyl (C=O) groups is 1. The number of carbonyl (C=O) groups excluding carboxylic acids is 1. The van der Waals surface area contributed by atoms with Gasteiger partial charge < -0.3 is 14.8 Å². The normalized spacial score (nSPS) is 12.3. The van der Waals surface area contributed by atoms with E-state index in [0.29, 0.717) is 28.9 Å². The number of tetrazole rings is 1. The van der Waals surface area contributed by atoms with Crippen LogP contribution in [0.4, 0.5) is 18.9 Å². The van der Waals surface area contributed by atoms with E-state index in [0.717, 1.165) is 23.9 Å². The molecule has 1 amide bonds. The lowest BCUT2D eigenvalue weighted by Crippen LogP contribution is -2.23. The number of halogens is 3. The molecule has 12 heteroatoms. The molecule has 1 N–H and O–H groups in total. The molecule has 0 saturated carbocycles. The smallest absolute Gasteiger partial charge is 0.492 e. The molecule has 0 radical (unpaired) electrons. The monoisotopic (exact) mass is 453 g/mol. The lowest BCUT2D eigenvalue weighted by molar-refractivity contribution is -0.274. The van der Waals surface area contributed by atoms with Gasteiger partial charge >= 0.3 is 6.36 Å². The molecule has 0 spiro atoms. The Hall–Kier alpha value is -3.28. The van der Waals surface area contributed by atoms with Crippen molar-refractivity contribution in [2.45, 2.75) is 30.6 Å². The molecular weight excluding hydrogens is 435 g/mol. The van der Waals surface area contributed by atoms with Crippen LogP contribution in [0.3, 0.4) is 0 Å². The Labute approximate surface area is 179 Å². The zero-order chi connectivity index (χ0) is 22.4.